The maximum atomic E-state index is 14.2. The van der Waals surface area contributed by atoms with Crippen LogP contribution in [0.4, 0.5) is 3.89 Å². The lowest BCUT2D eigenvalue weighted by atomic mass is 9.93. The number of hydrogen-bond donors (Lipinski definition) is 2. The number of aromatic nitrogens is 3. The van der Waals surface area contributed by atoms with Crippen LogP contribution in [-0.2, 0) is 16.9 Å². The van der Waals surface area contributed by atoms with Gasteiger partial charge in [0.2, 0.25) is 0 Å². The molecule has 0 unspecified atom stereocenters. The number of nitrogens with one attached hydrogen (secondary N) is 2. The van der Waals surface area contributed by atoms with Gasteiger partial charge in [0.05, 0.1) is 28.7 Å². The number of H-pyrrole nitrogens is 1. The minimum absolute atomic E-state index is 0.0980. The van der Waals surface area contributed by atoms with E-state index in [4.69, 9.17) is 0 Å². The molecule has 2 aromatic carbocycles. The standard InChI is InChI=1S/C30H28FN5O4S/c1-2-3-4-19-13-25-27(14-24(19)20-12-22(17-34-16-20)40-41(31,38)39)36(21-7-9-33-10-8-21)30-28(29(25)37)23-6-5-18(15-32)11-26(23)35-30/h5-6,11-14,16-17,21,33,35H,2-4,7-10H2,1H3. The van der Waals surface area contributed by atoms with Gasteiger partial charge < -0.3 is 19.1 Å². The zero-order valence-electron chi connectivity index (χ0n) is 22.4. The number of aromatic amines is 1. The molecule has 0 amide bonds. The molecule has 0 radical (unpaired) electrons. The van der Waals surface area contributed by atoms with Crippen molar-refractivity contribution in [3.8, 4) is 22.9 Å². The van der Waals surface area contributed by atoms with E-state index in [1.807, 2.05) is 18.2 Å². The van der Waals surface area contributed by atoms with Crippen LogP contribution in [-0.4, -0.2) is 36.0 Å². The summed E-state index contributed by atoms with van der Waals surface area (Å²) in [4.78, 5) is 21.7. The number of halogens is 1. The summed E-state index contributed by atoms with van der Waals surface area (Å²) in [6.07, 6.45) is 6.92. The summed E-state index contributed by atoms with van der Waals surface area (Å²) in [5.41, 5.74) is 4.79. The molecular weight excluding hydrogens is 545 g/mol. The Labute approximate surface area is 236 Å². The molecule has 1 aliphatic rings. The van der Waals surface area contributed by atoms with Gasteiger partial charge in [0.25, 0.3) is 0 Å². The Kier molecular flexibility index (Phi) is 6.97. The number of nitriles is 1. The minimum Gasteiger partial charge on any atom is -0.357 e. The van der Waals surface area contributed by atoms with Crippen molar-refractivity contribution in [2.45, 2.75) is 45.1 Å². The van der Waals surface area contributed by atoms with Crippen LogP contribution >= 0.6 is 0 Å². The topological polar surface area (TPSA) is 130 Å². The zero-order chi connectivity index (χ0) is 28.7. The van der Waals surface area contributed by atoms with Gasteiger partial charge in [0.1, 0.15) is 5.65 Å². The predicted octanol–water partition coefficient (Wildman–Crippen LogP) is 5.43. The van der Waals surface area contributed by atoms with Gasteiger partial charge in [-0.3, -0.25) is 9.78 Å². The van der Waals surface area contributed by atoms with E-state index in [1.54, 1.807) is 18.3 Å². The van der Waals surface area contributed by atoms with Crippen molar-refractivity contribution in [2.24, 2.45) is 0 Å². The van der Waals surface area contributed by atoms with Crippen molar-refractivity contribution < 1.29 is 16.5 Å². The predicted molar refractivity (Wildman–Crippen MR) is 156 cm³/mol. The van der Waals surface area contributed by atoms with Crippen molar-refractivity contribution in [1.29, 1.82) is 5.26 Å². The molecule has 0 spiro atoms. The average molecular weight is 574 g/mol. The summed E-state index contributed by atoms with van der Waals surface area (Å²) in [7, 11) is -5.22. The van der Waals surface area contributed by atoms with Crippen LogP contribution < -0.4 is 14.9 Å². The van der Waals surface area contributed by atoms with Gasteiger partial charge in [0.15, 0.2) is 11.2 Å². The summed E-state index contributed by atoms with van der Waals surface area (Å²) in [6, 6.07) is 12.9. The molecule has 210 valence electrons. The molecule has 41 heavy (non-hydrogen) atoms. The molecule has 3 aromatic heterocycles. The summed E-state index contributed by atoms with van der Waals surface area (Å²) in [5.74, 6) is -0.235. The number of hydrogen-bond acceptors (Lipinski definition) is 7. The Bertz CT molecular complexity index is 2020. The highest BCUT2D eigenvalue weighted by molar-refractivity contribution is 7.81. The van der Waals surface area contributed by atoms with Crippen LogP contribution in [0.1, 0.15) is 49.8 Å². The van der Waals surface area contributed by atoms with Crippen LogP contribution in [0, 0.1) is 11.3 Å². The zero-order valence-corrected chi connectivity index (χ0v) is 23.2. The molecule has 0 saturated carbocycles. The van der Waals surface area contributed by atoms with Crippen molar-refractivity contribution in [2.75, 3.05) is 13.1 Å². The maximum Gasteiger partial charge on any atom is 0.488 e. The second-order valence-corrected chi connectivity index (χ2v) is 11.4. The lowest BCUT2D eigenvalue weighted by Gasteiger charge is -2.28. The number of pyridine rings is 2. The van der Waals surface area contributed by atoms with Crippen LogP contribution in [0.5, 0.6) is 5.75 Å². The number of unbranched alkanes of at least 4 members (excludes halogenated alkanes) is 1. The molecule has 11 heteroatoms. The first-order chi connectivity index (χ1) is 19.8. The third-order valence-electron chi connectivity index (χ3n) is 7.79. The van der Waals surface area contributed by atoms with Gasteiger partial charge in [-0.25, -0.2) is 0 Å². The third kappa shape index (κ3) is 5.05. The molecule has 5 aromatic rings. The van der Waals surface area contributed by atoms with Crippen molar-refractivity contribution in [1.82, 2.24) is 19.9 Å². The quantitative estimate of drug-likeness (QED) is 0.248. The van der Waals surface area contributed by atoms with E-state index in [2.05, 4.69) is 37.0 Å². The van der Waals surface area contributed by atoms with E-state index >= 15 is 0 Å². The minimum atomic E-state index is -5.22. The first kappa shape index (κ1) is 26.9. The van der Waals surface area contributed by atoms with Crippen molar-refractivity contribution in [3.05, 3.63) is 70.1 Å². The summed E-state index contributed by atoms with van der Waals surface area (Å²) in [6.45, 7) is 3.75. The van der Waals surface area contributed by atoms with Gasteiger partial charge in [-0.05, 0) is 80.2 Å². The number of nitrogens with zero attached hydrogens (tertiary/aromatic N) is 3. The Hall–Kier alpha value is -4.27. The molecule has 1 fully saturated rings. The molecule has 9 nitrogen and oxygen atoms in total. The fourth-order valence-corrected chi connectivity index (χ4v) is 6.27. The first-order valence-electron chi connectivity index (χ1n) is 13.6. The van der Waals surface area contributed by atoms with E-state index in [9.17, 15) is 22.4 Å². The molecule has 6 rings (SSSR count). The van der Waals surface area contributed by atoms with Crippen molar-refractivity contribution in [3.63, 3.8) is 0 Å². The Morgan fingerprint density at radius 2 is 1.95 bits per heavy atom. The highest BCUT2D eigenvalue weighted by atomic mass is 32.3. The Morgan fingerprint density at radius 1 is 1.15 bits per heavy atom. The molecule has 4 heterocycles. The van der Waals surface area contributed by atoms with E-state index in [1.165, 1.54) is 6.07 Å². The van der Waals surface area contributed by atoms with E-state index < -0.39 is 10.5 Å². The largest absolute Gasteiger partial charge is 0.488 e. The highest BCUT2D eigenvalue weighted by Crippen LogP contribution is 2.36. The number of piperidine rings is 1. The second-order valence-electron chi connectivity index (χ2n) is 10.4. The summed E-state index contributed by atoms with van der Waals surface area (Å²) < 4.78 is 42.3. The van der Waals surface area contributed by atoms with Crippen LogP contribution in [0.3, 0.4) is 0 Å². The Balaban J connectivity index is 1.69. The third-order valence-corrected chi connectivity index (χ3v) is 8.19. The monoisotopic (exact) mass is 573 g/mol. The summed E-state index contributed by atoms with van der Waals surface area (Å²) in [5, 5.41) is 14.8. The van der Waals surface area contributed by atoms with Gasteiger partial charge >= 0.3 is 10.5 Å². The van der Waals surface area contributed by atoms with Gasteiger partial charge in [-0.15, -0.1) is 0 Å². The summed E-state index contributed by atoms with van der Waals surface area (Å²) >= 11 is 0. The van der Waals surface area contributed by atoms with E-state index in [0.29, 0.717) is 34.0 Å². The number of fused-ring (bicyclic) bond motifs is 4. The number of aryl methyl sites for hydroxylation is 1. The molecule has 1 aliphatic heterocycles. The van der Waals surface area contributed by atoms with Crippen LogP contribution in [0.15, 0.2) is 53.6 Å². The average Bonchev–Trinajstić information content (AvgIpc) is 3.34. The molecule has 0 aliphatic carbocycles. The lowest BCUT2D eigenvalue weighted by Crippen LogP contribution is -2.30. The molecular formula is C30H28FN5O4S. The van der Waals surface area contributed by atoms with Gasteiger partial charge in [-0.2, -0.15) is 13.7 Å². The molecule has 0 atom stereocenters. The van der Waals surface area contributed by atoms with Crippen LogP contribution in [0.25, 0.3) is 44.0 Å². The highest BCUT2D eigenvalue weighted by Gasteiger charge is 2.24. The van der Waals surface area contributed by atoms with E-state index in [0.717, 1.165) is 72.5 Å². The molecule has 2 N–H and O–H groups in total. The maximum absolute atomic E-state index is 14.2. The Morgan fingerprint density at radius 3 is 2.68 bits per heavy atom. The normalized spacial score (nSPS) is 14.6. The number of benzene rings is 2. The smallest absolute Gasteiger partial charge is 0.357 e. The van der Waals surface area contributed by atoms with Crippen LogP contribution in [0.2, 0.25) is 0 Å². The van der Waals surface area contributed by atoms with Crippen molar-refractivity contribution >= 4 is 43.3 Å². The fourth-order valence-electron chi connectivity index (χ4n) is 5.95. The molecule has 1 saturated heterocycles. The lowest BCUT2D eigenvalue weighted by molar-refractivity contribution is 0.381. The second kappa shape index (κ2) is 10.6. The van der Waals surface area contributed by atoms with E-state index in [-0.39, 0.29) is 17.2 Å². The fraction of sp³-hybridized carbons (Fsp3) is 0.300. The van der Waals surface area contributed by atoms with Gasteiger partial charge in [0, 0.05) is 34.1 Å². The first-order valence-corrected chi connectivity index (χ1v) is 14.9. The molecule has 0 bridgehead atoms. The SMILES string of the molecule is CCCCc1cc2c(=O)c3c4ccc(C#N)cc4[nH]c3n(C3CCNCC3)c2cc1-c1cncc(OS(=O)(=O)F)c1. The van der Waals surface area contributed by atoms with Gasteiger partial charge in [-0.1, -0.05) is 23.3 Å². The number of rotatable bonds is 7.